The van der Waals surface area contributed by atoms with E-state index in [0.717, 1.165) is 0 Å². The van der Waals surface area contributed by atoms with E-state index in [-0.39, 0.29) is 0 Å². The molecule has 4 nitrogen and oxygen atoms in total. The molecule has 5 N–H and O–H groups in total. The number of hydrogen-bond donors (Lipinski definition) is 4. The molecular formula is C2H9NO3Si. The summed E-state index contributed by atoms with van der Waals surface area (Å²) in [4.78, 5) is 0. The van der Waals surface area contributed by atoms with Gasteiger partial charge in [0.2, 0.25) is 0 Å². The van der Waals surface area contributed by atoms with Gasteiger partial charge in [-0.25, -0.2) is 0 Å². The molecule has 0 saturated heterocycles. The smallest absolute Gasteiger partial charge is 0.175 e. The molecule has 0 amide bonds. The minimum Gasteiger partial charge on any atom is -0.390 e. The van der Waals surface area contributed by atoms with Gasteiger partial charge >= 0.3 is 0 Å². The van der Waals surface area contributed by atoms with Crippen LogP contribution < -0.4 is 5.40 Å². The molecule has 1 unspecified atom stereocenters. The van der Waals surface area contributed by atoms with Crippen molar-refractivity contribution in [3.8, 4) is 0 Å². The van der Waals surface area contributed by atoms with Crippen molar-refractivity contribution < 1.29 is 15.3 Å². The first kappa shape index (κ1) is 7.06. The number of hydrogen-bond acceptors (Lipinski definition) is 4. The SMILES string of the molecule is N[SiH2]C(O)C(O)O. The van der Waals surface area contributed by atoms with Gasteiger partial charge in [-0.3, -0.25) is 0 Å². The van der Waals surface area contributed by atoms with E-state index in [4.69, 9.17) is 20.7 Å². The van der Waals surface area contributed by atoms with Crippen molar-refractivity contribution in [3.05, 3.63) is 0 Å². The summed E-state index contributed by atoms with van der Waals surface area (Å²) in [6, 6.07) is 0. The highest BCUT2D eigenvalue weighted by Crippen LogP contribution is 1.79. The zero-order valence-corrected chi connectivity index (χ0v) is 5.20. The van der Waals surface area contributed by atoms with Crippen LogP contribution in [0.3, 0.4) is 0 Å². The standard InChI is InChI=1S/C2H9NO3Si/c3-7-2(6)1(4)5/h1-2,4-6H,3,7H2. The van der Waals surface area contributed by atoms with Gasteiger partial charge in [0.25, 0.3) is 0 Å². The summed E-state index contributed by atoms with van der Waals surface area (Å²) in [6.07, 6.45) is -1.64. The molecule has 0 aromatic heterocycles. The summed E-state index contributed by atoms with van der Waals surface area (Å²) in [5, 5.41) is 29.5. The molecule has 7 heavy (non-hydrogen) atoms. The number of aliphatic hydroxyl groups excluding tert-OH is 2. The van der Waals surface area contributed by atoms with E-state index < -0.39 is 21.7 Å². The quantitative estimate of drug-likeness (QED) is 0.228. The first-order valence-corrected chi connectivity index (χ1v) is 3.56. The highest BCUT2D eigenvalue weighted by molar-refractivity contribution is 6.32. The summed E-state index contributed by atoms with van der Waals surface area (Å²) < 4.78 is 0. The third-order valence-electron chi connectivity index (χ3n) is 0.586. The van der Waals surface area contributed by atoms with Gasteiger partial charge in [-0.05, 0) is 0 Å². The Kier molecular flexibility index (Phi) is 3.14. The van der Waals surface area contributed by atoms with Crippen LogP contribution in [0.1, 0.15) is 0 Å². The molecule has 0 heterocycles. The topological polar surface area (TPSA) is 86.7 Å². The fourth-order valence-corrected chi connectivity index (χ4v) is 0.365. The van der Waals surface area contributed by atoms with Gasteiger partial charge in [-0.15, -0.1) is 0 Å². The second-order valence-electron chi connectivity index (χ2n) is 1.22. The third-order valence-corrected chi connectivity index (χ3v) is 1.49. The molecule has 0 aromatic rings. The number of nitrogens with two attached hydrogens (primary N) is 1. The average Bonchev–Trinajstić information content (AvgIpc) is 1.65. The second-order valence-corrected chi connectivity index (χ2v) is 2.52. The van der Waals surface area contributed by atoms with E-state index in [0.29, 0.717) is 0 Å². The van der Waals surface area contributed by atoms with Crippen LogP contribution in [0.15, 0.2) is 0 Å². The molecule has 0 fully saturated rings. The Hall–Kier alpha value is 0.0569. The van der Waals surface area contributed by atoms with Crippen molar-refractivity contribution in [2.75, 3.05) is 0 Å². The molecule has 0 aliphatic rings. The lowest BCUT2D eigenvalue weighted by atomic mass is 10.7. The van der Waals surface area contributed by atoms with E-state index in [9.17, 15) is 0 Å². The van der Waals surface area contributed by atoms with Crippen LogP contribution in [-0.4, -0.2) is 37.0 Å². The van der Waals surface area contributed by atoms with Crippen molar-refractivity contribution in [1.29, 1.82) is 0 Å². The normalized spacial score (nSPS) is 16.7. The fourth-order valence-electron chi connectivity index (χ4n) is 0.122. The monoisotopic (exact) mass is 123 g/mol. The first-order chi connectivity index (χ1) is 3.18. The zero-order valence-electron chi connectivity index (χ0n) is 3.78. The van der Waals surface area contributed by atoms with Crippen molar-refractivity contribution in [3.63, 3.8) is 0 Å². The number of rotatable bonds is 2. The van der Waals surface area contributed by atoms with Crippen LogP contribution in [-0.2, 0) is 0 Å². The van der Waals surface area contributed by atoms with Crippen molar-refractivity contribution >= 4 is 9.68 Å². The maximum absolute atomic E-state index is 8.37. The molecule has 0 aliphatic carbocycles. The van der Waals surface area contributed by atoms with Crippen LogP contribution in [0.4, 0.5) is 0 Å². The van der Waals surface area contributed by atoms with Gasteiger partial charge in [-0.1, -0.05) is 0 Å². The molecule has 0 aliphatic heterocycles. The fraction of sp³-hybridized carbons (Fsp3) is 1.00. The van der Waals surface area contributed by atoms with Crippen molar-refractivity contribution in [2.24, 2.45) is 5.40 Å². The van der Waals surface area contributed by atoms with E-state index in [1.165, 1.54) is 0 Å². The summed E-state index contributed by atoms with van der Waals surface area (Å²) in [7, 11) is -1.15. The molecule has 1 atom stereocenters. The lowest BCUT2D eigenvalue weighted by Gasteiger charge is -2.06. The Bertz CT molecular complexity index is 50.2. The highest BCUT2D eigenvalue weighted by atomic mass is 28.2. The van der Waals surface area contributed by atoms with Gasteiger partial charge in [0.15, 0.2) is 6.29 Å². The van der Waals surface area contributed by atoms with E-state index in [1.807, 2.05) is 0 Å². The highest BCUT2D eigenvalue weighted by Gasteiger charge is 2.08. The Morgan fingerprint density at radius 3 is 1.71 bits per heavy atom. The van der Waals surface area contributed by atoms with Gasteiger partial charge in [0.1, 0.15) is 15.4 Å². The van der Waals surface area contributed by atoms with Gasteiger partial charge in [-0.2, -0.15) is 0 Å². The Balaban J connectivity index is 3.14. The molecule has 44 valence electrons. The predicted octanol–water partition coefficient (Wildman–Crippen LogP) is -3.34. The summed E-state index contributed by atoms with van der Waals surface area (Å²) >= 11 is 0. The van der Waals surface area contributed by atoms with Crippen molar-refractivity contribution in [2.45, 2.75) is 12.0 Å². The summed E-state index contributed by atoms with van der Waals surface area (Å²) in [6.45, 7) is 0. The molecule has 0 saturated carbocycles. The third kappa shape index (κ3) is 2.72. The maximum Gasteiger partial charge on any atom is 0.175 e. The van der Waals surface area contributed by atoms with Crippen LogP contribution in [0.2, 0.25) is 0 Å². The lowest BCUT2D eigenvalue weighted by Crippen LogP contribution is -2.35. The lowest BCUT2D eigenvalue weighted by molar-refractivity contribution is -0.0929. The summed E-state index contributed by atoms with van der Waals surface area (Å²) in [5.74, 6) is 0. The van der Waals surface area contributed by atoms with E-state index in [2.05, 4.69) is 0 Å². The molecule has 0 aromatic carbocycles. The van der Waals surface area contributed by atoms with E-state index in [1.54, 1.807) is 0 Å². The van der Waals surface area contributed by atoms with Crippen LogP contribution in [0.5, 0.6) is 0 Å². The predicted molar refractivity (Wildman–Crippen MR) is 27.0 cm³/mol. The van der Waals surface area contributed by atoms with Crippen LogP contribution >= 0.6 is 0 Å². The molecular weight excluding hydrogens is 114 g/mol. The van der Waals surface area contributed by atoms with Gasteiger partial charge < -0.3 is 20.7 Å². The molecule has 0 rings (SSSR count). The van der Waals surface area contributed by atoms with Gasteiger partial charge in [0, 0.05) is 0 Å². The minimum atomic E-state index is -1.64. The largest absolute Gasteiger partial charge is 0.390 e. The minimum absolute atomic E-state index is 1.07. The Labute approximate surface area is 43.5 Å². The zero-order chi connectivity index (χ0) is 5.86. The van der Waals surface area contributed by atoms with Gasteiger partial charge in [0.05, 0.1) is 0 Å². The van der Waals surface area contributed by atoms with Crippen LogP contribution in [0.25, 0.3) is 0 Å². The van der Waals surface area contributed by atoms with E-state index >= 15 is 0 Å². The van der Waals surface area contributed by atoms with Crippen molar-refractivity contribution in [1.82, 2.24) is 0 Å². The summed E-state index contributed by atoms with van der Waals surface area (Å²) in [5.41, 5.74) is -1.07. The maximum atomic E-state index is 8.37. The Morgan fingerprint density at radius 1 is 1.29 bits per heavy atom. The second kappa shape index (κ2) is 3.11. The first-order valence-electron chi connectivity index (χ1n) is 1.92. The molecule has 0 bridgehead atoms. The number of aliphatic hydroxyl groups is 3. The molecule has 5 heteroatoms. The van der Waals surface area contributed by atoms with Crippen LogP contribution in [0, 0.1) is 0 Å². The molecule has 0 spiro atoms. The molecule has 0 radical (unpaired) electrons. The Morgan fingerprint density at radius 2 is 1.71 bits per heavy atom. The average molecular weight is 123 g/mol.